The van der Waals surface area contributed by atoms with E-state index in [1.807, 2.05) is 36.4 Å². The molecule has 192 valence electrons. The zero-order valence-electron chi connectivity index (χ0n) is 21.1. The monoisotopic (exact) mass is 525 g/mol. The van der Waals surface area contributed by atoms with Crippen molar-refractivity contribution >= 4 is 38.9 Å². The van der Waals surface area contributed by atoms with Crippen molar-refractivity contribution in [3.63, 3.8) is 0 Å². The number of likely N-dealkylation sites (N-methyl/N-ethyl adjacent to an activating group) is 1. The number of nitrogens with zero attached hydrogens (tertiary/aromatic N) is 6. The molecule has 2 aromatic heterocycles. The molecule has 7 rings (SSSR count). The number of rotatable bonds is 6. The zero-order valence-corrected chi connectivity index (χ0v) is 22.0. The van der Waals surface area contributed by atoms with E-state index < -0.39 is 0 Å². The van der Waals surface area contributed by atoms with Gasteiger partial charge in [0.05, 0.1) is 22.4 Å². The summed E-state index contributed by atoms with van der Waals surface area (Å²) in [5, 5.41) is 14.1. The summed E-state index contributed by atoms with van der Waals surface area (Å²) in [6.07, 6.45) is 2.23. The third kappa shape index (κ3) is 4.41. The van der Waals surface area contributed by atoms with Gasteiger partial charge in [0.25, 0.3) is 0 Å². The van der Waals surface area contributed by atoms with Gasteiger partial charge < -0.3 is 19.7 Å². The Kier molecular flexibility index (Phi) is 5.82. The van der Waals surface area contributed by atoms with E-state index in [0.717, 1.165) is 88.5 Å². The number of benzene rings is 3. The van der Waals surface area contributed by atoms with Crippen LogP contribution in [0.25, 0.3) is 33.0 Å². The highest BCUT2D eigenvalue weighted by Gasteiger charge is 2.30. The van der Waals surface area contributed by atoms with Gasteiger partial charge in [0.2, 0.25) is 5.13 Å². The van der Waals surface area contributed by atoms with E-state index in [0.29, 0.717) is 6.04 Å². The number of nitrogens with one attached hydrogen (secondary N) is 1. The van der Waals surface area contributed by atoms with Gasteiger partial charge >= 0.3 is 0 Å². The predicted octanol–water partition coefficient (Wildman–Crippen LogP) is 6.19. The number of halogens is 1. The minimum atomic E-state index is -0.247. The van der Waals surface area contributed by atoms with Gasteiger partial charge in [-0.3, -0.25) is 0 Å². The first-order chi connectivity index (χ1) is 18.6. The van der Waals surface area contributed by atoms with Crippen LogP contribution in [0, 0.1) is 5.82 Å². The highest BCUT2D eigenvalue weighted by atomic mass is 32.1. The summed E-state index contributed by atoms with van der Waals surface area (Å²) >= 11 is 1.54. The maximum absolute atomic E-state index is 14.2. The molecule has 0 amide bonds. The minimum Gasteiger partial charge on any atom is -0.367 e. The Balaban J connectivity index is 1.33. The molecule has 5 aromatic rings. The van der Waals surface area contributed by atoms with Crippen molar-refractivity contribution in [1.29, 1.82) is 0 Å². The van der Waals surface area contributed by atoms with Gasteiger partial charge in [-0.2, -0.15) is 0 Å². The van der Waals surface area contributed by atoms with E-state index in [1.54, 1.807) is 12.1 Å². The van der Waals surface area contributed by atoms with Gasteiger partial charge in [0.1, 0.15) is 16.6 Å². The van der Waals surface area contributed by atoms with E-state index in [2.05, 4.69) is 49.1 Å². The third-order valence-corrected chi connectivity index (χ3v) is 8.22. The van der Waals surface area contributed by atoms with E-state index in [4.69, 9.17) is 4.98 Å². The molecule has 2 aliphatic rings. The van der Waals surface area contributed by atoms with E-state index in [9.17, 15) is 4.39 Å². The topological polar surface area (TPSA) is 62.1 Å². The van der Waals surface area contributed by atoms with Crippen molar-refractivity contribution < 1.29 is 4.39 Å². The maximum atomic E-state index is 14.2. The molecule has 1 aliphatic carbocycles. The van der Waals surface area contributed by atoms with Crippen LogP contribution in [0.15, 0.2) is 66.7 Å². The quantitative estimate of drug-likeness (QED) is 0.285. The molecule has 1 saturated heterocycles. The van der Waals surface area contributed by atoms with Crippen molar-refractivity contribution in [2.75, 3.05) is 43.4 Å². The van der Waals surface area contributed by atoms with Gasteiger partial charge in [0.15, 0.2) is 0 Å². The number of hydrogen-bond donors (Lipinski definition) is 1. The van der Waals surface area contributed by atoms with Crippen LogP contribution in [0.5, 0.6) is 0 Å². The van der Waals surface area contributed by atoms with Crippen molar-refractivity contribution in [3.8, 4) is 22.0 Å². The second-order valence-corrected chi connectivity index (χ2v) is 11.1. The van der Waals surface area contributed by atoms with Crippen LogP contribution in [0.2, 0.25) is 0 Å². The van der Waals surface area contributed by atoms with Gasteiger partial charge in [-0.05, 0) is 44.2 Å². The van der Waals surface area contributed by atoms with Crippen molar-refractivity contribution in [2.24, 2.45) is 0 Å². The summed E-state index contributed by atoms with van der Waals surface area (Å²) < 4.78 is 16.5. The molecule has 9 heteroatoms. The first-order valence-corrected chi connectivity index (χ1v) is 13.9. The molecular weight excluding hydrogens is 497 g/mol. The number of anilines is 3. The Hall–Kier alpha value is -3.82. The molecule has 0 bridgehead atoms. The lowest BCUT2D eigenvalue weighted by atomic mass is 10.2. The normalized spacial score (nSPS) is 16.3. The number of imidazole rings is 1. The molecule has 1 aliphatic heterocycles. The fourth-order valence-electron chi connectivity index (χ4n) is 5.16. The van der Waals surface area contributed by atoms with E-state index >= 15 is 0 Å². The number of piperazine rings is 1. The highest BCUT2D eigenvalue weighted by molar-refractivity contribution is 7.18. The van der Waals surface area contributed by atoms with Crippen LogP contribution < -0.4 is 10.2 Å². The molecule has 0 spiro atoms. The molecule has 1 saturated carbocycles. The Morgan fingerprint density at radius 2 is 1.68 bits per heavy atom. The zero-order chi connectivity index (χ0) is 25.6. The average molecular weight is 526 g/mol. The second kappa shape index (κ2) is 9.49. The molecule has 2 fully saturated rings. The summed E-state index contributed by atoms with van der Waals surface area (Å²) in [6.45, 7) is 3.89. The molecule has 0 radical (unpaired) electrons. The first-order valence-electron chi connectivity index (χ1n) is 13.0. The Bertz CT molecular complexity index is 1600. The Morgan fingerprint density at radius 3 is 2.45 bits per heavy atom. The second-order valence-electron chi connectivity index (χ2n) is 10.1. The van der Waals surface area contributed by atoms with E-state index in [1.165, 1.54) is 17.4 Å². The molecule has 0 atom stereocenters. The molecule has 3 aromatic carbocycles. The maximum Gasteiger partial charge on any atom is 0.210 e. The summed E-state index contributed by atoms with van der Waals surface area (Å²) in [5.74, 6) is 0.577. The summed E-state index contributed by atoms with van der Waals surface area (Å²) in [4.78, 5) is 9.83. The van der Waals surface area contributed by atoms with Crippen molar-refractivity contribution in [3.05, 3.63) is 72.5 Å². The highest BCUT2D eigenvalue weighted by Crippen LogP contribution is 2.44. The van der Waals surface area contributed by atoms with Crippen molar-refractivity contribution in [2.45, 2.75) is 18.9 Å². The first kappa shape index (κ1) is 23.3. The number of fused-ring (bicyclic) bond motifs is 1. The van der Waals surface area contributed by atoms with Crippen molar-refractivity contribution in [1.82, 2.24) is 24.6 Å². The van der Waals surface area contributed by atoms with Crippen LogP contribution in [0.1, 0.15) is 18.9 Å². The Labute approximate surface area is 224 Å². The van der Waals surface area contributed by atoms with Crippen LogP contribution >= 0.6 is 11.3 Å². The predicted molar refractivity (Wildman–Crippen MR) is 152 cm³/mol. The molecular formula is C29H28FN7S. The fourth-order valence-corrected chi connectivity index (χ4v) is 5.92. The van der Waals surface area contributed by atoms with Crippen LogP contribution in [-0.2, 0) is 0 Å². The van der Waals surface area contributed by atoms with E-state index in [-0.39, 0.29) is 5.82 Å². The lowest BCUT2D eigenvalue weighted by Crippen LogP contribution is -2.44. The summed E-state index contributed by atoms with van der Waals surface area (Å²) in [7, 11) is 2.17. The molecule has 3 heterocycles. The smallest absolute Gasteiger partial charge is 0.210 e. The molecule has 1 N–H and O–H groups in total. The van der Waals surface area contributed by atoms with Crippen LogP contribution in [-0.4, -0.2) is 57.9 Å². The van der Waals surface area contributed by atoms with Gasteiger partial charge in [0, 0.05) is 43.3 Å². The third-order valence-electron chi connectivity index (χ3n) is 7.33. The summed E-state index contributed by atoms with van der Waals surface area (Å²) in [6, 6.07) is 21.6. The number of hydrogen-bond acceptors (Lipinski definition) is 7. The molecule has 38 heavy (non-hydrogen) atoms. The summed E-state index contributed by atoms with van der Waals surface area (Å²) in [5.41, 5.74) is 5.94. The van der Waals surface area contributed by atoms with Gasteiger partial charge in [-0.15, -0.1) is 10.2 Å². The molecule has 0 unspecified atom stereocenters. The molecule has 7 nitrogen and oxygen atoms in total. The lowest BCUT2D eigenvalue weighted by Gasteiger charge is -2.35. The largest absolute Gasteiger partial charge is 0.367 e. The lowest BCUT2D eigenvalue weighted by molar-refractivity contribution is 0.313. The average Bonchev–Trinajstić information content (AvgIpc) is 3.55. The standard InChI is InChI=1S/C29H28FN7S/c1-35-12-14-36(15-13-35)25-18-26-24(31-27(37(26)22-10-11-22)20-8-5-9-21(30)16-20)17-23(25)32-29-34-33-28(38-29)19-6-3-2-4-7-19/h2-9,16-18,22H,10-15H2,1H3,(H,32,34). The minimum absolute atomic E-state index is 0.247. The fraction of sp³-hybridized carbons (Fsp3) is 0.276. The van der Waals surface area contributed by atoms with Gasteiger partial charge in [-0.1, -0.05) is 53.8 Å². The van der Waals surface area contributed by atoms with Crippen LogP contribution in [0.3, 0.4) is 0 Å². The number of aromatic nitrogens is 4. The van der Waals surface area contributed by atoms with Gasteiger partial charge in [-0.25, -0.2) is 9.37 Å². The van der Waals surface area contributed by atoms with Crippen LogP contribution in [0.4, 0.5) is 20.9 Å². The Morgan fingerprint density at radius 1 is 0.895 bits per heavy atom. The SMILES string of the molecule is CN1CCN(c2cc3c(cc2Nc2nnc(-c4ccccc4)s2)nc(-c2cccc(F)c2)n3C2CC2)CC1.